The monoisotopic (exact) mass is 228 g/mol. The second-order valence-electron chi connectivity index (χ2n) is 3.24. The van der Waals surface area contributed by atoms with Crippen molar-refractivity contribution in [1.29, 1.82) is 0 Å². The van der Waals surface area contributed by atoms with E-state index in [0.717, 1.165) is 0 Å². The van der Waals surface area contributed by atoms with E-state index in [1.165, 1.54) is 26.1 Å². The van der Waals surface area contributed by atoms with Gasteiger partial charge in [-0.25, -0.2) is 13.1 Å². The van der Waals surface area contributed by atoms with E-state index in [1.54, 1.807) is 12.1 Å². The highest BCUT2D eigenvalue weighted by molar-refractivity contribution is 7.90. The van der Waals surface area contributed by atoms with E-state index in [2.05, 4.69) is 4.98 Å². The summed E-state index contributed by atoms with van der Waals surface area (Å²) < 4.78 is 24.7. The summed E-state index contributed by atoms with van der Waals surface area (Å²) in [7, 11) is -3.59. The molecule has 0 fully saturated rings. The van der Waals surface area contributed by atoms with E-state index in [0.29, 0.717) is 0 Å². The van der Waals surface area contributed by atoms with Crippen LogP contribution in [0.4, 0.5) is 0 Å². The molecule has 1 aromatic heterocycles. The smallest absolute Gasteiger partial charge is 0.266 e. The molecule has 0 bridgehead atoms. The van der Waals surface area contributed by atoms with Gasteiger partial charge >= 0.3 is 0 Å². The fourth-order valence-corrected chi connectivity index (χ4v) is 1.40. The average molecular weight is 228 g/mol. The van der Waals surface area contributed by atoms with Gasteiger partial charge in [-0.1, -0.05) is 6.07 Å². The standard InChI is InChI=1S/C9H12N2O3S/c1-7(2)15(13,14)11-9(12)8-5-3-4-6-10-8/h3-7H,1-2H3,(H,11,12). The third kappa shape index (κ3) is 3.02. The Morgan fingerprint density at radius 3 is 2.53 bits per heavy atom. The van der Waals surface area contributed by atoms with Crippen LogP contribution in [0.25, 0.3) is 0 Å². The molecule has 0 spiro atoms. The zero-order valence-corrected chi connectivity index (χ0v) is 9.28. The zero-order valence-electron chi connectivity index (χ0n) is 8.47. The lowest BCUT2D eigenvalue weighted by molar-refractivity contribution is 0.0976. The number of sulfonamides is 1. The minimum atomic E-state index is -3.59. The van der Waals surface area contributed by atoms with Crippen LogP contribution in [0.5, 0.6) is 0 Å². The van der Waals surface area contributed by atoms with Gasteiger partial charge in [-0.3, -0.25) is 9.78 Å². The molecular formula is C9H12N2O3S. The predicted molar refractivity (Wildman–Crippen MR) is 55.8 cm³/mol. The molecule has 0 aliphatic carbocycles. The summed E-state index contributed by atoms with van der Waals surface area (Å²) in [5.41, 5.74) is 0.0849. The van der Waals surface area contributed by atoms with Crippen LogP contribution in [0.15, 0.2) is 24.4 Å². The molecule has 15 heavy (non-hydrogen) atoms. The Balaban J connectivity index is 2.82. The third-order valence-electron chi connectivity index (χ3n) is 1.75. The van der Waals surface area contributed by atoms with Gasteiger partial charge in [-0.15, -0.1) is 0 Å². The molecule has 1 aromatic rings. The van der Waals surface area contributed by atoms with Crippen molar-refractivity contribution in [2.75, 3.05) is 0 Å². The van der Waals surface area contributed by atoms with Crippen LogP contribution >= 0.6 is 0 Å². The summed E-state index contributed by atoms with van der Waals surface area (Å²) in [4.78, 5) is 15.2. The number of carbonyl (C=O) groups excluding carboxylic acids is 1. The number of hydrogen-bond donors (Lipinski definition) is 1. The highest BCUT2D eigenvalue weighted by atomic mass is 32.2. The lowest BCUT2D eigenvalue weighted by Crippen LogP contribution is -2.36. The first-order chi connectivity index (χ1) is 6.93. The van der Waals surface area contributed by atoms with Gasteiger partial charge in [-0.05, 0) is 26.0 Å². The fraction of sp³-hybridized carbons (Fsp3) is 0.333. The van der Waals surface area contributed by atoms with Crippen molar-refractivity contribution in [3.63, 3.8) is 0 Å². The van der Waals surface area contributed by atoms with Gasteiger partial charge in [0.2, 0.25) is 10.0 Å². The van der Waals surface area contributed by atoms with Crippen molar-refractivity contribution < 1.29 is 13.2 Å². The quantitative estimate of drug-likeness (QED) is 0.819. The zero-order chi connectivity index (χ0) is 11.5. The van der Waals surface area contributed by atoms with E-state index in [4.69, 9.17) is 0 Å². The van der Waals surface area contributed by atoms with Gasteiger partial charge < -0.3 is 0 Å². The lowest BCUT2D eigenvalue weighted by atomic mass is 10.3. The Labute approximate surface area is 88.6 Å². The van der Waals surface area contributed by atoms with Crippen LogP contribution in [0.1, 0.15) is 24.3 Å². The summed E-state index contributed by atoms with van der Waals surface area (Å²) in [5.74, 6) is -0.704. The highest BCUT2D eigenvalue weighted by Crippen LogP contribution is 1.99. The van der Waals surface area contributed by atoms with Crippen LogP contribution in [-0.4, -0.2) is 24.6 Å². The molecule has 1 N–H and O–H groups in total. The molecule has 1 amide bonds. The van der Waals surface area contributed by atoms with Gasteiger partial charge in [-0.2, -0.15) is 0 Å². The second-order valence-corrected chi connectivity index (χ2v) is 5.48. The first-order valence-corrected chi connectivity index (χ1v) is 5.95. The highest BCUT2D eigenvalue weighted by Gasteiger charge is 2.20. The molecule has 0 saturated carbocycles. The van der Waals surface area contributed by atoms with E-state index in [9.17, 15) is 13.2 Å². The number of nitrogens with one attached hydrogen (secondary N) is 1. The maximum Gasteiger partial charge on any atom is 0.283 e. The summed E-state index contributed by atoms with van der Waals surface area (Å²) in [5, 5.41) is -0.648. The van der Waals surface area contributed by atoms with Gasteiger partial charge in [0.25, 0.3) is 5.91 Å². The van der Waals surface area contributed by atoms with Gasteiger partial charge in [0.1, 0.15) is 5.69 Å². The van der Waals surface area contributed by atoms with Crippen molar-refractivity contribution in [2.24, 2.45) is 0 Å². The number of hydrogen-bond acceptors (Lipinski definition) is 4. The molecule has 0 aromatic carbocycles. The van der Waals surface area contributed by atoms with Crippen LogP contribution in [-0.2, 0) is 10.0 Å². The van der Waals surface area contributed by atoms with Crippen molar-refractivity contribution in [3.05, 3.63) is 30.1 Å². The summed E-state index contributed by atoms with van der Waals surface area (Å²) in [6.45, 7) is 2.99. The van der Waals surface area contributed by atoms with Crippen molar-refractivity contribution in [3.8, 4) is 0 Å². The molecule has 0 unspecified atom stereocenters. The molecular weight excluding hydrogens is 216 g/mol. The van der Waals surface area contributed by atoms with Gasteiger partial charge in [0.05, 0.1) is 5.25 Å². The Morgan fingerprint density at radius 1 is 1.40 bits per heavy atom. The van der Waals surface area contributed by atoms with Crippen LogP contribution in [0.3, 0.4) is 0 Å². The summed E-state index contributed by atoms with van der Waals surface area (Å²) >= 11 is 0. The number of nitrogens with zero attached hydrogens (tertiary/aromatic N) is 1. The third-order valence-corrected chi connectivity index (χ3v) is 3.46. The number of rotatable bonds is 3. The van der Waals surface area contributed by atoms with Gasteiger partial charge in [0, 0.05) is 6.20 Å². The number of carbonyl (C=O) groups is 1. The van der Waals surface area contributed by atoms with E-state index >= 15 is 0 Å². The Kier molecular flexibility index (Phi) is 3.41. The molecule has 6 heteroatoms. The largest absolute Gasteiger partial charge is 0.283 e. The topological polar surface area (TPSA) is 76.1 Å². The van der Waals surface area contributed by atoms with Crippen molar-refractivity contribution in [1.82, 2.24) is 9.71 Å². The van der Waals surface area contributed by atoms with E-state index < -0.39 is 21.2 Å². The molecule has 0 aliphatic heterocycles. The summed E-state index contributed by atoms with van der Waals surface area (Å²) in [6, 6.07) is 4.71. The maximum absolute atomic E-state index is 11.4. The Bertz CT molecular complexity index is 440. The Morgan fingerprint density at radius 2 is 2.07 bits per heavy atom. The second kappa shape index (κ2) is 4.39. The number of aromatic nitrogens is 1. The Hall–Kier alpha value is -1.43. The van der Waals surface area contributed by atoms with Crippen LogP contribution in [0.2, 0.25) is 0 Å². The van der Waals surface area contributed by atoms with E-state index in [-0.39, 0.29) is 5.69 Å². The SMILES string of the molecule is CC(C)S(=O)(=O)NC(=O)c1ccccn1. The predicted octanol–water partition coefficient (Wildman–Crippen LogP) is 0.550. The molecule has 0 saturated heterocycles. The number of amides is 1. The minimum Gasteiger partial charge on any atom is -0.266 e. The summed E-state index contributed by atoms with van der Waals surface area (Å²) in [6.07, 6.45) is 1.43. The fourth-order valence-electron chi connectivity index (χ4n) is 0.796. The first kappa shape index (κ1) is 11.6. The molecule has 0 atom stereocenters. The molecule has 0 radical (unpaired) electrons. The first-order valence-electron chi connectivity index (χ1n) is 4.40. The molecule has 1 heterocycles. The normalized spacial score (nSPS) is 11.4. The van der Waals surface area contributed by atoms with Gasteiger partial charge in [0.15, 0.2) is 0 Å². The number of pyridine rings is 1. The molecule has 1 rings (SSSR count). The minimum absolute atomic E-state index is 0.0849. The van der Waals surface area contributed by atoms with Crippen LogP contribution < -0.4 is 4.72 Å². The van der Waals surface area contributed by atoms with Crippen molar-refractivity contribution in [2.45, 2.75) is 19.1 Å². The maximum atomic E-state index is 11.4. The van der Waals surface area contributed by atoms with Crippen molar-refractivity contribution >= 4 is 15.9 Å². The lowest BCUT2D eigenvalue weighted by Gasteiger charge is -2.08. The average Bonchev–Trinajstić information content (AvgIpc) is 2.18. The molecule has 82 valence electrons. The molecule has 5 nitrogen and oxygen atoms in total. The van der Waals surface area contributed by atoms with E-state index in [1.807, 2.05) is 4.72 Å². The molecule has 0 aliphatic rings. The van der Waals surface area contributed by atoms with Crippen LogP contribution in [0, 0.1) is 0 Å².